The highest BCUT2D eigenvalue weighted by atomic mass is 32.2. The maximum absolute atomic E-state index is 12.2. The first-order valence-electron chi connectivity index (χ1n) is 14.2. The molecule has 0 spiro atoms. The van der Waals surface area contributed by atoms with E-state index in [1.165, 1.54) is 17.5 Å². The quantitative estimate of drug-likeness (QED) is 0.331. The number of sulfonamides is 1. The number of fused-ring (bicyclic) bond motifs is 2. The zero-order chi connectivity index (χ0) is 27.6. The number of rotatable bonds is 5. The highest BCUT2D eigenvalue weighted by molar-refractivity contribution is 7.88. The molecule has 0 aliphatic carbocycles. The van der Waals surface area contributed by atoms with E-state index in [-0.39, 0.29) is 12.1 Å². The lowest BCUT2D eigenvalue weighted by atomic mass is 10.0. The van der Waals surface area contributed by atoms with E-state index in [0.717, 1.165) is 90.4 Å². The first kappa shape index (κ1) is 25.6. The molecule has 0 N–H and O–H groups in total. The summed E-state index contributed by atoms with van der Waals surface area (Å²) < 4.78 is 39.7. The van der Waals surface area contributed by atoms with Crippen LogP contribution < -0.4 is 9.64 Å². The van der Waals surface area contributed by atoms with Gasteiger partial charge in [-0.1, -0.05) is 11.2 Å². The van der Waals surface area contributed by atoms with E-state index in [4.69, 9.17) is 14.2 Å². The SMILES string of the molecule is Cc1noc(C)c1-c1ccc2c(c1)nc([C@@H]1CCCN1c1ccc3c(c1)CCO3)n2C1CCN(S(C)(=O)=O)CC1. The fraction of sp³-hybridized carbons (Fsp3) is 0.467. The van der Waals surface area contributed by atoms with Gasteiger partial charge in [-0.15, -0.1) is 0 Å². The number of benzene rings is 2. The van der Waals surface area contributed by atoms with Crippen LogP contribution in [0.5, 0.6) is 5.75 Å². The molecule has 7 rings (SSSR count). The maximum atomic E-state index is 12.2. The summed E-state index contributed by atoms with van der Waals surface area (Å²) in [5.41, 5.74) is 7.47. The molecule has 210 valence electrons. The Kier molecular flexibility index (Phi) is 6.16. The Morgan fingerprint density at radius 1 is 1.00 bits per heavy atom. The van der Waals surface area contributed by atoms with Gasteiger partial charge in [0.15, 0.2) is 0 Å². The van der Waals surface area contributed by atoms with Gasteiger partial charge in [-0.25, -0.2) is 17.7 Å². The summed E-state index contributed by atoms with van der Waals surface area (Å²) in [4.78, 5) is 7.83. The van der Waals surface area contributed by atoms with E-state index < -0.39 is 10.0 Å². The fourth-order valence-electron chi connectivity index (χ4n) is 6.91. The van der Waals surface area contributed by atoms with Gasteiger partial charge < -0.3 is 18.7 Å². The molecule has 0 saturated carbocycles. The molecule has 2 fully saturated rings. The lowest BCUT2D eigenvalue weighted by molar-refractivity contribution is 0.273. The van der Waals surface area contributed by atoms with Crippen molar-refractivity contribution in [1.29, 1.82) is 0 Å². The van der Waals surface area contributed by atoms with Gasteiger partial charge in [-0.2, -0.15) is 0 Å². The second kappa shape index (κ2) is 9.62. The minimum absolute atomic E-state index is 0.142. The summed E-state index contributed by atoms with van der Waals surface area (Å²) in [6, 6.07) is 13.3. The number of aromatic nitrogens is 3. The van der Waals surface area contributed by atoms with Crippen LogP contribution in [-0.4, -0.2) is 59.9 Å². The Labute approximate surface area is 234 Å². The zero-order valence-corrected chi connectivity index (χ0v) is 24.1. The van der Waals surface area contributed by atoms with Gasteiger partial charge in [0.2, 0.25) is 10.0 Å². The average molecular weight is 562 g/mol. The van der Waals surface area contributed by atoms with Crippen LogP contribution in [0.15, 0.2) is 40.9 Å². The number of hydrogen-bond acceptors (Lipinski definition) is 7. The van der Waals surface area contributed by atoms with Gasteiger partial charge in [0.1, 0.15) is 17.3 Å². The third-order valence-corrected chi connectivity index (χ3v) is 10.2. The molecule has 0 amide bonds. The standard InChI is InChI=1S/C30H35N5O4S/c1-19-29(20(2)39-32-19)22-6-8-26-25(18-22)31-30(35(26)23-10-14-33(15-11-23)40(3,36)37)27-5-4-13-34(27)24-7-9-28-21(17-24)12-16-38-28/h6-9,17-18,23,27H,4-5,10-16H2,1-3H3/t27-/m0/s1. The number of ether oxygens (including phenoxy) is 1. The molecule has 1 atom stereocenters. The Bertz CT molecular complexity index is 1680. The van der Waals surface area contributed by atoms with Crippen molar-refractivity contribution in [2.45, 2.75) is 58.0 Å². The van der Waals surface area contributed by atoms with Gasteiger partial charge in [-0.05, 0) is 81.0 Å². The van der Waals surface area contributed by atoms with E-state index in [2.05, 4.69) is 51.0 Å². The zero-order valence-electron chi connectivity index (χ0n) is 23.3. The molecule has 3 aliphatic heterocycles. The van der Waals surface area contributed by atoms with Crippen molar-refractivity contribution in [2.75, 3.05) is 37.4 Å². The summed E-state index contributed by atoms with van der Waals surface area (Å²) in [7, 11) is -3.20. The van der Waals surface area contributed by atoms with Crippen LogP contribution in [0.2, 0.25) is 0 Å². The number of hydrogen-bond donors (Lipinski definition) is 0. The third kappa shape index (κ3) is 4.28. The number of imidazole rings is 1. The number of nitrogens with zero attached hydrogens (tertiary/aromatic N) is 5. The predicted octanol–water partition coefficient (Wildman–Crippen LogP) is 5.18. The Morgan fingerprint density at radius 3 is 2.58 bits per heavy atom. The second-order valence-corrected chi connectivity index (χ2v) is 13.4. The van der Waals surface area contributed by atoms with E-state index in [1.807, 2.05) is 13.8 Å². The lowest BCUT2D eigenvalue weighted by Gasteiger charge is -2.34. The summed E-state index contributed by atoms with van der Waals surface area (Å²) in [6.45, 7) is 6.69. The third-order valence-electron chi connectivity index (χ3n) is 8.85. The van der Waals surface area contributed by atoms with Crippen molar-refractivity contribution in [3.05, 3.63) is 59.2 Å². The first-order chi connectivity index (χ1) is 19.3. The maximum Gasteiger partial charge on any atom is 0.211 e. The monoisotopic (exact) mass is 561 g/mol. The van der Waals surface area contributed by atoms with Crippen molar-refractivity contribution in [1.82, 2.24) is 19.0 Å². The van der Waals surface area contributed by atoms with E-state index in [9.17, 15) is 8.42 Å². The second-order valence-electron chi connectivity index (χ2n) is 11.4. The largest absolute Gasteiger partial charge is 0.493 e. The first-order valence-corrected chi connectivity index (χ1v) is 16.1. The van der Waals surface area contributed by atoms with Gasteiger partial charge in [0.25, 0.3) is 0 Å². The molecule has 0 radical (unpaired) electrons. The molecule has 10 heteroatoms. The summed E-state index contributed by atoms with van der Waals surface area (Å²) >= 11 is 0. The van der Waals surface area contributed by atoms with Crippen molar-refractivity contribution < 1.29 is 17.7 Å². The van der Waals surface area contributed by atoms with Crippen LogP contribution in [0.1, 0.15) is 60.6 Å². The summed E-state index contributed by atoms with van der Waals surface area (Å²) in [5.74, 6) is 2.86. The number of anilines is 1. The molecule has 3 aliphatic rings. The Hall–Kier alpha value is -3.37. The van der Waals surface area contributed by atoms with Gasteiger partial charge >= 0.3 is 0 Å². The van der Waals surface area contributed by atoms with Gasteiger partial charge in [0, 0.05) is 43.3 Å². The van der Waals surface area contributed by atoms with E-state index >= 15 is 0 Å². The summed E-state index contributed by atoms with van der Waals surface area (Å²) in [5, 5.41) is 4.16. The van der Waals surface area contributed by atoms with E-state index in [1.54, 1.807) is 4.31 Å². The Morgan fingerprint density at radius 2 is 1.82 bits per heavy atom. The molecule has 2 aromatic carbocycles. The van der Waals surface area contributed by atoms with Crippen LogP contribution in [-0.2, 0) is 16.4 Å². The molecular weight excluding hydrogens is 526 g/mol. The molecule has 9 nitrogen and oxygen atoms in total. The van der Waals surface area contributed by atoms with Crippen molar-refractivity contribution in [3.8, 4) is 16.9 Å². The van der Waals surface area contributed by atoms with Crippen LogP contribution in [0.3, 0.4) is 0 Å². The van der Waals surface area contributed by atoms with Crippen molar-refractivity contribution in [3.63, 3.8) is 0 Å². The lowest BCUT2D eigenvalue weighted by Crippen LogP contribution is -2.39. The van der Waals surface area contributed by atoms with Crippen LogP contribution in [0.25, 0.3) is 22.2 Å². The van der Waals surface area contributed by atoms with Crippen LogP contribution in [0, 0.1) is 13.8 Å². The fourth-order valence-corrected chi connectivity index (χ4v) is 7.79. The number of piperidine rings is 1. The molecule has 2 saturated heterocycles. The smallest absolute Gasteiger partial charge is 0.211 e. The molecule has 2 aromatic heterocycles. The molecule has 5 heterocycles. The minimum Gasteiger partial charge on any atom is -0.493 e. The number of aryl methyl sites for hydroxylation is 2. The van der Waals surface area contributed by atoms with Crippen LogP contribution in [0.4, 0.5) is 5.69 Å². The predicted molar refractivity (Wildman–Crippen MR) is 154 cm³/mol. The summed E-state index contributed by atoms with van der Waals surface area (Å²) in [6.07, 6.45) is 5.90. The molecule has 0 unspecified atom stereocenters. The molecular formula is C30H35N5O4S. The average Bonchev–Trinajstić information content (AvgIpc) is 3.73. The topological polar surface area (TPSA) is 93.7 Å². The minimum atomic E-state index is -3.20. The normalized spacial score (nSPS) is 20.4. The molecule has 40 heavy (non-hydrogen) atoms. The highest BCUT2D eigenvalue weighted by Gasteiger charge is 2.35. The van der Waals surface area contributed by atoms with E-state index in [0.29, 0.717) is 13.1 Å². The molecule has 4 aromatic rings. The van der Waals surface area contributed by atoms with Crippen molar-refractivity contribution in [2.24, 2.45) is 0 Å². The molecule has 0 bridgehead atoms. The highest BCUT2D eigenvalue weighted by Crippen LogP contribution is 2.42. The van der Waals surface area contributed by atoms with Gasteiger partial charge in [0.05, 0.1) is 35.6 Å². The van der Waals surface area contributed by atoms with Gasteiger partial charge in [-0.3, -0.25) is 0 Å². The Balaban J connectivity index is 1.32. The van der Waals surface area contributed by atoms with Crippen molar-refractivity contribution >= 4 is 26.7 Å². The van der Waals surface area contributed by atoms with Crippen LogP contribution >= 0.6 is 0 Å².